The van der Waals surface area contributed by atoms with Crippen molar-refractivity contribution in [3.05, 3.63) is 52.0 Å². The predicted molar refractivity (Wildman–Crippen MR) is 96.2 cm³/mol. The highest BCUT2D eigenvalue weighted by atomic mass is 32.1. The lowest BCUT2D eigenvalue weighted by molar-refractivity contribution is -0.137. The van der Waals surface area contributed by atoms with Crippen LogP contribution in [-0.2, 0) is 12.7 Å². The standard InChI is InChI=1S/C18H19F4N3OS/c19-15-4-1-3-14(18(20,21)22)16(15)23-17(26)25-7-2-6-24(8-9-25)11-13-5-10-27-12-13/h1,3-5,10,12H,2,6-9,11H2,(H,23,26). The first-order chi connectivity index (χ1) is 12.8. The molecular formula is C18H19F4N3OS. The number of nitrogens with one attached hydrogen (secondary N) is 1. The second-order valence-corrected chi connectivity index (χ2v) is 7.12. The van der Waals surface area contributed by atoms with Crippen LogP contribution in [0.15, 0.2) is 35.0 Å². The van der Waals surface area contributed by atoms with Gasteiger partial charge in [0.1, 0.15) is 5.82 Å². The summed E-state index contributed by atoms with van der Waals surface area (Å²) in [4.78, 5) is 16.1. The summed E-state index contributed by atoms with van der Waals surface area (Å²) in [7, 11) is 0. The molecule has 27 heavy (non-hydrogen) atoms. The first kappa shape index (κ1) is 19.6. The van der Waals surface area contributed by atoms with Crippen LogP contribution < -0.4 is 5.32 Å². The molecule has 0 atom stereocenters. The van der Waals surface area contributed by atoms with Gasteiger partial charge < -0.3 is 10.2 Å². The smallest absolute Gasteiger partial charge is 0.323 e. The fourth-order valence-corrected chi connectivity index (χ4v) is 3.71. The van der Waals surface area contributed by atoms with E-state index in [2.05, 4.69) is 15.6 Å². The van der Waals surface area contributed by atoms with Crippen molar-refractivity contribution in [2.24, 2.45) is 0 Å². The van der Waals surface area contributed by atoms with E-state index in [9.17, 15) is 22.4 Å². The van der Waals surface area contributed by atoms with E-state index in [1.54, 1.807) is 11.3 Å². The van der Waals surface area contributed by atoms with Gasteiger partial charge in [0.15, 0.2) is 0 Å². The number of amides is 2. The maximum absolute atomic E-state index is 13.9. The number of benzene rings is 1. The Labute approximate surface area is 158 Å². The highest BCUT2D eigenvalue weighted by molar-refractivity contribution is 7.07. The third-order valence-electron chi connectivity index (χ3n) is 4.41. The largest absolute Gasteiger partial charge is 0.418 e. The molecule has 0 spiro atoms. The Morgan fingerprint density at radius 1 is 1.15 bits per heavy atom. The fourth-order valence-electron chi connectivity index (χ4n) is 3.05. The molecule has 1 fully saturated rings. The number of halogens is 4. The summed E-state index contributed by atoms with van der Waals surface area (Å²) in [5.41, 5.74) is -0.821. The SMILES string of the molecule is O=C(Nc1c(F)cccc1C(F)(F)F)N1CCCN(Cc2ccsc2)CC1. The molecule has 1 saturated heterocycles. The maximum Gasteiger partial charge on any atom is 0.418 e. The summed E-state index contributed by atoms with van der Waals surface area (Å²) in [5.74, 6) is -1.10. The van der Waals surface area contributed by atoms with Gasteiger partial charge in [0, 0.05) is 32.7 Å². The first-order valence-corrected chi connectivity index (χ1v) is 9.44. The Morgan fingerprint density at radius 3 is 2.67 bits per heavy atom. The fraction of sp³-hybridized carbons (Fsp3) is 0.389. The van der Waals surface area contributed by atoms with Crippen LogP contribution in [0, 0.1) is 5.82 Å². The average molecular weight is 401 g/mol. The monoisotopic (exact) mass is 401 g/mol. The van der Waals surface area contributed by atoms with Crippen molar-refractivity contribution in [3.63, 3.8) is 0 Å². The van der Waals surface area contributed by atoms with Gasteiger partial charge in [0.05, 0.1) is 11.3 Å². The number of anilines is 1. The summed E-state index contributed by atoms with van der Waals surface area (Å²) >= 11 is 1.62. The molecule has 2 aromatic rings. The molecule has 1 aromatic carbocycles. The number of hydrogen-bond acceptors (Lipinski definition) is 3. The molecule has 1 aromatic heterocycles. The Balaban J connectivity index is 1.65. The number of hydrogen-bond donors (Lipinski definition) is 1. The summed E-state index contributed by atoms with van der Waals surface area (Å²) < 4.78 is 53.2. The number of carbonyl (C=O) groups excluding carboxylic acids is 1. The zero-order chi connectivity index (χ0) is 19.4. The van der Waals surface area contributed by atoms with Crippen LogP contribution in [-0.4, -0.2) is 42.0 Å². The van der Waals surface area contributed by atoms with Crippen LogP contribution in [0.4, 0.5) is 28.0 Å². The van der Waals surface area contributed by atoms with Crippen LogP contribution in [0.25, 0.3) is 0 Å². The molecule has 0 bridgehead atoms. The Kier molecular flexibility index (Phi) is 6.01. The molecule has 146 valence electrons. The number of urea groups is 1. The van der Waals surface area contributed by atoms with Crippen molar-refractivity contribution in [2.45, 2.75) is 19.1 Å². The van der Waals surface area contributed by atoms with Crippen molar-refractivity contribution < 1.29 is 22.4 Å². The summed E-state index contributed by atoms with van der Waals surface area (Å²) in [6.45, 7) is 2.93. The number of rotatable bonds is 3. The number of thiophene rings is 1. The van der Waals surface area contributed by atoms with Gasteiger partial charge in [-0.2, -0.15) is 24.5 Å². The molecule has 1 N–H and O–H groups in total. The lowest BCUT2D eigenvalue weighted by atomic mass is 10.1. The predicted octanol–water partition coefficient (Wildman–Crippen LogP) is 4.65. The molecule has 2 amide bonds. The van der Waals surface area contributed by atoms with Crippen molar-refractivity contribution in [3.8, 4) is 0 Å². The van der Waals surface area contributed by atoms with E-state index in [1.165, 1.54) is 10.5 Å². The minimum absolute atomic E-state index is 0.367. The Hall–Kier alpha value is -2.13. The first-order valence-electron chi connectivity index (χ1n) is 8.49. The van der Waals surface area contributed by atoms with Crippen molar-refractivity contribution in [1.29, 1.82) is 0 Å². The summed E-state index contributed by atoms with van der Waals surface area (Å²) in [6, 6.07) is 3.95. The molecular weight excluding hydrogens is 382 g/mol. The number of nitrogens with zero attached hydrogens (tertiary/aromatic N) is 2. The highest BCUT2D eigenvalue weighted by Crippen LogP contribution is 2.36. The lowest BCUT2D eigenvalue weighted by Crippen LogP contribution is -2.38. The van der Waals surface area contributed by atoms with Gasteiger partial charge in [-0.25, -0.2) is 9.18 Å². The molecule has 0 unspecified atom stereocenters. The quantitative estimate of drug-likeness (QED) is 0.761. The van der Waals surface area contributed by atoms with Crippen LogP contribution in [0.1, 0.15) is 17.5 Å². The zero-order valence-corrected chi connectivity index (χ0v) is 15.2. The van der Waals surface area contributed by atoms with E-state index in [1.807, 2.05) is 11.4 Å². The average Bonchev–Trinajstić information content (AvgIpc) is 3.00. The highest BCUT2D eigenvalue weighted by Gasteiger charge is 2.35. The number of carbonyl (C=O) groups is 1. The van der Waals surface area contributed by atoms with E-state index in [0.29, 0.717) is 26.1 Å². The second kappa shape index (κ2) is 8.26. The molecule has 1 aliphatic heterocycles. The molecule has 0 aliphatic carbocycles. The van der Waals surface area contributed by atoms with Crippen LogP contribution in [0.2, 0.25) is 0 Å². The minimum atomic E-state index is -4.75. The number of para-hydroxylation sites is 1. The van der Waals surface area contributed by atoms with Crippen molar-refractivity contribution >= 4 is 23.1 Å². The molecule has 4 nitrogen and oxygen atoms in total. The second-order valence-electron chi connectivity index (χ2n) is 6.34. The molecule has 0 saturated carbocycles. The van der Waals surface area contributed by atoms with E-state index in [0.717, 1.165) is 31.3 Å². The molecule has 2 heterocycles. The van der Waals surface area contributed by atoms with E-state index in [4.69, 9.17) is 0 Å². The Morgan fingerprint density at radius 2 is 1.96 bits per heavy atom. The van der Waals surface area contributed by atoms with Crippen molar-refractivity contribution in [1.82, 2.24) is 9.80 Å². The lowest BCUT2D eigenvalue weighted by Gasteiger charge is -2.23. The van der Waals surface area contributed by atoms with Gasteiger partial charge in [-0.3, -0.25) is 4.90 Å². The third-order valence-corrected chi connectivity index (χ3v) is 5.15. The van der Waals surface area contributed by atoms with E-state index < -0.39 is 29.3 Å². The normalized spacial score (nSPS) is 16.2. The molecule has 0 radical (unpaired) electrons. The van der Waals surface area contributed by atoms with Gasteiger partial charge in [-0.1, -0.05) is 6.07 Å². The zero-order valence-electron chi connectivity index (χ0n) is 14.4. The molecule has 1 aliphatic rings. The van der Waals surface area contributed by atoms with Crippen LogP contribution >= 0.6 is 11.3 Å². The van der Waals surface area contributed by atoms with Crippen molar-refractivity contribution in [2.75, 3.05) is 31.5 Å². The Bertz CT molecular complexity index is 779. The topological polar surface area (TPSA) is 35.6 Å². The summed E-state index contributed by atoms with van der Waals surface area (Å²) in [5, 5.41) is 6.18. The summed E-state index contributed by atoms with van der Waals surface area (Å²) in [6.07, 6.45) is -4.05. The molecule has 9 heteroatoms. The van der Waals surface area contributed by atoms with Gasteiger partial charge in [-0.05, 0) is 40.9 Å². The van der Waals surface area contributed by atoms with Gasteiger partial charge in [0.25, 0.3) is 0 Å². The number of alkyl halides is 3. The van der Waals surface area contributed by atoms with Crippen LogP contribution in [0.3, 0.4) is 0 Å². The van der Waals surface area contributed by atoms with Gasteiger partial charge >= 0.3 is 12.2 Å². The third kappa shape index (κ3) is 4.98. The van der Waals surface area contributed by atoms with E-state index >= 15 is 0 Å². The van der Waals surface area contributed by atoms with E-state index in [-0.39, 0.29) is 0 Å². The van der Waals surface area contributed by atoms with Gasteiger partial charge in [-0.15, -0.1) is 0 Å². The van der Waals surface area contributed by atoms with Crippen LogP contribution in [0.5, 0.6) is 0 Å². The van der Waals surface area contributed by atoms with Gasteiger partial charge in [0.2, 0.25) is 0 Å². The molecule has 3 rings (SSSR count). The maximum atomic E-state index is 13.9. The minimum Gasteiger partial charge on any atom is -0.323 e.